The smallest absolute Gasteiger partial charge is 0.313 e. The van der Waals surface area contributed by atoms with Crippen LogP contribution in [0.25, 0.3) is 0 Å². The lowest BCUT2D eigenvalue weighted by Gasteiger charge is -2.10. The van der Waals surface area contributed by atoms with Crippen LogP contribution in [0.4, 0.5) is 0 Å². The minimum atomic E-state index is -0.842. The quantitative estimate of drug-likeness (QED) is 0.768. The molecule has 0 saturated heterocycles. The summed E-state index contributed by atoms with van der Waals surface area (Å²) >= 11 is 1.19. The number of carboxylic acid groups (broad SMARTS) is 1. The summed E-state index contributed by atoms with van der Waals surface area (Å²) in [5.74, 6) is -0.0101. The van der Waals surface area contributed by atoms with Gasteiger partial charge in [-0.1, -0.05) is 11.8 Å². The molecule has 0 atom stereocenters. The highest BCUT2D eigenvalue weighted by atomic mass is 32.2. The van der Waals surface area contributed by atoms with E-state index < -0.39 is 5.97 Å². The summed E-state index contributed by atoms with van der Waals surface area (Å²) in [6, 6.07) is 0.251. The van der Waals surface area contributed by atoms with Crippen LogP contribution in [0.1, 0.15) is 25.7 Å². The van der Waals surface area contributed by atoms with Crippen LogP contribution >= 0.6 is 11.8 Å². The first kappa shape index (κ1) is 11.0. The first-order valence-corrected chi connectivity index (χ1v) is 5.27. The molecule has 0 amide bonds. The van der Waals surface area contributed by atoms with Crippen LogP contribution in [0.2, 0.25) is 0 Å². The first-order valence-electron chi connectivity index (χ1n) is 4.28. The number of carbonyl (C=O) groups is 1. The average molecular weight is 215 g/mol. The van der Waals surface area contributed by atoms with Gasteiger partial charge in [-0.15, -0.1) is 10.2 Å². The van der Waals surface area contributed by atoms with Crippen LogP contribution in [0.3, 0.4) is 0 Å². The van der Waals surface area contributed by atoms with Gasteiger partial charge in [0.15, 0.2) is 5.16 Å². The van der Waals surface area contributed by atoms with Gasteiger partial charge in [-0.2, -0.15) is 0 Å². The van der Waals surface area contributed by atoms with E-state index in [1.165, 1.54) is 11.8 Å². The molecule has 1 N–H and O–H groups in total. The number of rotatable bonds is 4. The maximum absolute atomic E-state index is 10.4. The number of nitrogens with zero attached hydrogens (tertiary/aromatic N) is 3. The molecule has 6 heteroatoms. The fourth-order valence-corrected chi connectivity index (χ4v) is 2.00. The number of hydrogen-bond donors (Lipinski definition) is 1. The molecule has 0 unspecified atom stereocenters. The number of aliphatic carboxylic acids is 1. The Bertz CT molecular complexity index is 335. The SMILES string of the molecule is Cc1nnc(SCC(=O)O)n1C(C)C. The van der Waals surface area contributed by atoms with Crippen molar-refractivity contribution in [3.63, 3.8) is 0 Å². The molecule has 0 bridgehead atoms. The highest BCUT2D eigenvalue weighted by Gasteiger charge is 2.12. The van der Waals surface area contributed by atoms with Gasteiger partial charge in [-0.05, 0) is 20.8 Å². The van der Waals surface area contributed by atoms with Crippen LogP contribution in [-0.2, 0) is 4.79 Å². The number of hydrogen-bond acceptors (Lipinski definition) is 4. The van der Waals surface area contributed by atoms with Gasteiger partial charge in [0.25, 0.3) is 0 Å². The molecule has 78 valence electrons. The first-order chi connectivity index (χ1) is 6.52. The summed E-state index contributed by atoms with van der Waals surface area (Å²) < 4.78 is 1.92. The fraction of sp³-hybridized carbons (Fsp3) is 0.625. The van der Waals surface area contributed by atoms with Crippen molar-refractivity contribution in [2.45, 2.75) is 32.0 Å². The van der Waals surface area contributed by atoms with E-state index in [1.54, 1.807) is 0 Å². The maximum atomic E-state index is 10.4. The second-order valence-electron chi connectivity index (χ2n) is 3.18. The average Bonchev–Trinajstić information content (AvgIpc) is 2.43. The molecule has 1 heterocycles. The minimum absolute atomic E-state index is 0.0187. The number of aromatic nitrogens is 3. The van der Waals surface area contributed by atoms with E-state index >= 15 is 0 Å². The third-order valence-electron chi connectivity index (χ3n) is 1.68. The van der Waals surface area contributed by atoms with Crippen LogP contribution in [0, 0.1) is 6.92 Å². The number of aryl methyl sites for hydroxylation is 1. The second kappa shape index (κ2) is 4.45. The van der Waals surface area contributed by atoms with Crippen LogP contribution < -0.4 is 0 Å². The van der Waals surface area contributed by atoms with E-state index in [4.69, 9.17) is 5.11 Å². The van der Waals surface area contributed by atoms with Crippen molar-refractivity contribution in [3.05, 3.63) is 5.82 Å². The molecule has 1 aromatic heterocycles. The van der Waals surface area contributed by atoms with E-state index in [0.29, 0.717) is 5.16 Å². The highest BCUT2D eigenvalue weighted by molar-refractivity contribution is 7.99. The molecule has 0 aliphatic heterocycles. The van der Waals surface area contributed by atoms with E-state index in [1.807, 2.05) is 25.3 Å². The summed E-state index contributed by atoms with van der Waals surface area (Å²) in [4.78, 5) is 10.4. The Hall–Kier alpha value is -1.04. The van der Waals surface area contributed by atoms with Gasteiger partial charge in [0.1, 0.15) is 5.82 Å². The second-order valence-corrected chi connectivity index (χ2v) is 4.12. The van der Waals surface area contributed by atoms with Crippen LogP contribution in [-0.4, -0.2) is 31.6 Å². The zero-order valence-corrected chi connectivity index (χ0v) is 9.21. The molecule has 0 spiro atoms. The van der Waals surface area contributed by atoms with Gasteiger partial charge in [-0.25, -0.2) is 0 Å². The van der Waals surface area contributed by atoms with Gasteiger partial charge in [0.2, 0.25) is 0 Å². The summed E-state index contributed by atoms with van der Waals surface area (Å²) in [5, 5.41) is 17.0. The summed E-state index contributed by atoms with van der Waals surface area (Å²) in [7, 11) is 0. The van der Waals surface area contributed by atoms with Gasteiger partial charge >= 0.3 is 5.97 Å². The molecular formula is C8H13N3O2S. The Labute approximate surface area is 86.5 Å². The van der Waals surface area contributed by atoms with E-state index in [9.17, 15) is 4.79 Å². The maximum Gasteiger partial charge on any atom is 0.313 e. The van der Waals surface area contributed by atoms with Crippen molar-refractivity contribution in [3.8, 4) is 0 Å². The van der Waals surface area contributed by atoms with Crippen LogP contribution in [0.15, 0.2) is 5.16 Å². The van der Waals surface area contributed by atoms with Crippen molar-refractivity contribution in [1.82, 2.24) is 14.8 Å². The molecule has 14 heavy (non-hydrogen) atoms. The predicted octanol–water partition coefficient (Wildman–Crippen LogP) is 1.34. The van der Waals surface area contributed by atoms with Crippen molar-refractivity contribution in [2.75, 3.05) is 5.75 Å². The lowest BCUT2D eigenvalue weighted by atomic mass is 10.4. The fourth-order valence-electron chi connectivity index (χ4n) is 1.17. The van der Waals surface area contributed by atoms with Gasteiger partial charge in [-0.3, -0.25) is 4.79 Å². The zero-order valence-electron chi connectivity index (χ0n) is 8.39. The van der Waals surface area contributed by atoms with E-state index in [0.717, 1.165) is 5.82 Å². The molecular weight excluding hydrogens is 202 g/mol. The zero-order chi connectivity index (χ0) is 10.7. The standard InChI is InChI=1S/C8H13N3O2S/c1-5(2)11-6(3)9-10-8(11)14-4-7(12)13/h5H,4H2,1-3H3,(H,12,13). The van der Waals surface area contributed by atoms with Gasteiger partial charge in [0, 0.05) is 6.04 Å². The molecule has 0 saturated carbocycles. The van der Waals surface area contributed by atoms with Crippen molar-refractivity contribution in [2.24, 2.45) is 0 Å². The third-order valence-corrected chi connectivity index (χ3v) is 2.60. The molecule has 5 nitrogen and oxygen atoms in total. The molecule has 0 aromatic carbocycles. The number of carboxylic acids is 1. The van der Waals surface area contributed by atoms with Gasteiger partial charge < -0.3 is 9.67 Å². The normalized spacial score (nSPS) is 10.9. The summed E-state index contributed by atoms with van der Waals surface area (Å²) in [6.45, 7) is 5.89. The molecule has 0 aliphatic carbocycles. The highest BCUT2D eigenvalue weighted by Crippen LogP contribution is 2.20. The topological polar surface area (TPSA) is 68.0 Å². The Balaban J connectivity index is 2.81. The predicted molar refractivity (Wildman–Crippen MR) is 53.5 cm³/mol. The largest absolute Gasteiger partial charge is 0.481 e. The Kier molecular flexibility index (Phi) is 3.51. The van der Waals surface area contributed by atoms with Gasteiger partial charge in [0.05, 0.1) is 5.75 Å². The Morgan fingerprint density at radius 2 is 2.21 bits per heavy atom. The lowest BCUT2D eigenvalue weighted by molar-refractivity contribution is -0.133. The number of thioether (sulfide) groups is 1. The summed E-state index contributed by atoms with van der Waals surface area (Å²) in [6.07, 6.45) is 0. The van der Waals surface area contributed by atoms with Crippen molar-refractivity contribution in [1.29, 1.82) is 0 Å². The lowest BCUT2D eigenvalue weighted by Crippen LogP contribution is -2.06. The minimum Gasteiger partial charge on any atom is -0.481 e. The van der Waals surface area contributed by atoms with Crippen molar-refractivity contribution < 1.29 is 9.90 Å². The summed E-state index contributed by atoms with van der Waals surface area (Å²) in [5.41, 5.74) is 0. The Morgan fingerprint density at radius 3 is 2.71 bits per heavy atom. The monoisotopic (exact) mass is 215 g/mol. The molecule has 0 radical (unpaired) electrons. The van der Waals surface area contributed by atoms with Crippen LogP contribution in [0.5, 0.6) is 0 Å². The molecule has 0 fully saturated rings. The Morgan fingerprint density at radius 1 is 1.57 bits per heavy atom. The molecule has 1 rings (SSSR count). The van der Waals surface area contributed by atoms with E-state index in [-0.39, 0.29) is 11.8 Å². The third kappa shape index (κ3) is 2.47. The molecule has 1 aromatic rings. The molecule has 0 aliphatic rings. The van der Waals surface area contributed by atoms with E-state index in [2.05, 4.69) is 10.2 Å². The van der Waals surface area contributed by atoms with Crippen molar-refractivity contribution >= 4 is 17.7 Å².